The number of hydrogen-bond donors (Lipinski definition) is 1. The van der Waals surface area contributed by atoms with Crippen molar-refractivity contribution in [3.8, 4) is 22.9 Å². The molecule has 2 atom stereocenters. The maximum atomic E-state index is 14.4. The Balaban J connectivity index is 1.71. The molecule has 4 aromatic carbocycles. The highest BCUT2D eigenvalue weighted by Gasteiger charge is 2.15. The molecule has 0 fully saturated rings. The van der Waals surface area contributed by atoms with Crippen LogP contribution >= 0.6 is 0 Å². The third kappa shape index (κ3) is 4.34. The van der Waals surface area contributed by atoms with Crippen LogP contribution in [0.5, 0.6) is 5.75 Å². The molecule has 32 heavy (non-hydrogen) atoms. The Morgan fingerprint density at radius 1 is 0.875 bits per heavy atom. The number of halogens is 1. The Morgan fingerprint density at radius 2 is 1.66 bits per heavy atom. The first-order chi connectivity index (χ1) is 15.5. The van der Waals surface area contributed by atoms with Gasteiger partial charge in [-0.05, 0) is 83.3 Å². The maximum Gasteiger partial charge on any atom is 0.141 e. The number of nitrogens with zero attached hydrogens (tertiary/aromatic N) is 1. The van der Waals surface area contributed by atoms with Crippen LogP contribution in [0.3, 0.4) is 0 Å². The van der Waals surface area contributed by atoms with Gasteiger partial charge in [-0.15, -0.1) is 0 Å². The minimum atomic E-state index is -0.502. The fraction of sp³-hybridized carbons (Fsp3) is 0.179. The minimum Gasteiger partial charge on any atom is -0.497 e. The summed E-state index contributed by atoms with van der Waals surface area (Å²) in [6.07, 6.45) is 0. The lowest BCUT2D eigenvalue weighted by molar-refractivity contribution is 0.412. The van der Waals surface area contributed by atoms with Gasteiger partial charge in [0.05, 0.1) is 12.7 Å². The number of benzene rings is 4. The van der Waals surface area contributed by atoms with Gasteiger partial charge in [0.25, 0.3) is 0 Å². The molecule has 0 bridgehead atoms. The predicted octanol–water partition coefficient (Wildman–Crippen LogP) is 6.94. The van der Waals surface area contributed by atoms with E-state index in [-0.39, 0.29) is 17.6 Å². The van der Waals surface area contributed by atoms with Crippen LogP contribution in [-0.2, 0) is 0 Å². The van der Waals surface area contributed by atoms with Crippen molar-refractivity contribution >= 4 is 10.8 Å². The predicted molar refractivity (Wildman–Crippen MR) is 127 cm³/mol. The number of nitriles is 1. The quantitative estimate of drug-likeness (QED) is 0.365. The van der Waals surface area contributed by atoms with Crippen LogP contribution < -0.4 is 10.1 Å². The molecular weight excluding hydrogens is 399 g/mol. The lowest BCUT2D eigenvalue weighted by atomic mass is 9.92. The summed E-state index contributed by atoms with van der Waals surface area (Å²) in [4.78, 5) is 0. The molecule has 0 aliphatic carbocycles. The molecule has 1 unspecified atom stereocenters. The molecule has 3 nitrogen and oxygen atoms in total. The van der Waals surface area contributed by atoms with Gasteiger partial charge in [-0.25, -0.2) is 4.39 Å². The summed E-state index contributed by atoms with van der Waals surface area (Å²) in [6.45, 7) is 4.26. The molecule has 0 aromatic heterocycles. The zero-order valence-electron chi connectivity index (χ0n) is 18.4. The van der Waals surface area contributed by atoms with Crippen LogP contribution in [0.25, 0.3) is 21.9 Å². The van der Waals surface area contributed by atoms with Crippen molar-refractivity contribution in [2.24, 2.45) is 0 Å². The molecule has 0 aliphatic rings. The third-order valence-corrected chi connectivity index (χ3v) is 5.88. The lowest BCUT2D eigenvalue weighted by Crippen LogP contribution is -2.22. The largest absolute Gasteiger partial charge is 0.497 e. The molecule has 0 saturated heterocycles. The SMILES string of the molecule is COc1cccc([C@@H](C)NC(C)c2cc(-c3ccc(C#N)c(F)c3)c3ccccc3c2)c1. The summed E-state index contributed by atoms with van der Waals surface area (Å²) in [5.74, 6) is 0.331. The van der Waals surface area contributed by atoms with Crippen LogP contribution in [0.2, 0.25) is 0 Å². The second-order valence-corrected chi connectivity index (χ2v) is 7.98. The number of methoxy groups -OCH3 is 1. The van der Waals surface area contributed by atoms with Gasteiger partial charge in [0.2, 0.25) is 0 Å². The molecule has 4 rings (SSSR count). The summed E-state index contributed by atoms with van der Waals surface area (Å²) in [5, 5.41) is 14.9. The fourth-order valence-corrected chi connectivity index (χ4v) is 4.07. The Kier molecular flexibility index (Phi) is 6.20. The van der Waals surface area contributed by atoms with Crippen molar-refractivity contribution in [3.63, 3.8) is 0 Å². The maximum absolute atomic E-state index is 14.4. The molecule has 0 amide bonds. The molecule has 0 spiro atoms. The van der Waals surface area contributed by atoms with E-state index in [4.69, 9.17) is 10.00 Å². The Hall–Kier alpha value is -3.68. The van der Waals surface area contributed by atoms with E-state index in [1.165, 1.54) is 6.07 Å². The smallest absolute Gasteiger partial charge is 0.141 e. The summed E-state index contributed by atoms with van der Waals surface area (Å²) < 4.78 is 19.7. The van der Waals surface area contributed by atoms with Crippen molar-refractivity contribution in [3.05, 3.63) is 101 Å². The van der Waals surface area contributed by atoms with Crippen molar-refractivity contribution in [2.75, 3.05) is 7.11 Å². The van der Waals surface area contributed by atoms with Gasteiger partial charge in [0.1, 0.15) is 17.6 Å². The van der Waals surface area contributed by atoms with Crippen molar-refractivity contribution in [2.45, 2.75) is 25.9 Å². The van der Waals surface area contributed by atoms with Crippen LogP contribution in [0.1, 0.15) is 42.6 Å². The van der Waals surface area contributed by atoms with Crippen molar-refractivity contribution in [1.82, 2.24) is 5.32 Å². The topological polar surface area (TPSA) is 45.0 Å². The normalized spacial score (nSPS) is 12.8. The zero-order valence-corrected chi connectivity index (χ0v) is 18.4. The van der Waals surface area contributed by atoms with Crippen molar-refractivity contribution in [1.29, 1.82) is 5.26 Å². The number of fused-ring (bicyclic) bond motifs is 1. The van der Waals surface area contributed by atoms with E-state index in [0.29, 0.717) is 0 Å². The first-order valence-electron chi connectivity index (χ1n) is 10.6. The zero-order chi connectivity index (χ0) is 22.7. The van der Waals surface area contributed by atoms with E-state index in [1.54, 1.807) is 13.2 Å². The average Bonchev–Trinajstić information content (AvgIpc) is 2.83. The van der Waals surface area contributed by atoms with Gasteiger partial charge in [-0.1, -0.05) is 42.5 Å². The molecular formula is C28H25FN2O. The van der Waals surface area contributed by atoms with E-state index in [0.717, 1.165) is 38.8 Å². The number of rotatable bonds is 6. The van der Waals surface area contributed by atoms with Gasteiger partial charge >= 0.3 is 0 Å². The first-order valence-corrected chi connectivity index (χ1v) is 10.6. The molecule has 0 aliphatic heterocycles. The Labute approximate surface area is 188 Å². The molecule has 160 valence electrons. The van der Waals surface area contributed by atoms with E-state index in [1.807, 2.05) is 48.5 Å². The van der Waals surface area contributed by atoms with Gasteiger partial charge < -0.3 is 10.1 Å². The van der Waals surface area contributed by atoms with Crippen LogP contribution in [-0.4, -0.2) is 7.11 Å². The molecule has 1 N–H and O–H groups in total. The monoisotopic (exact) mass is 424 g/mol. The second-order valence-electron chi connectivity index (χ2n) is 7.98. The van der Waals surface area contributed by atoms with Gasteiger partial charge in [-0.3, -0.25) is 0 Å². The highest BCUT2D eigenvalue weighted by atomic mass is 19.1. The fourth-order valence-electron chi connectivity index (χ4n) is 4.07. The summed E-state index contributed by atoms with van der Waals surface area (Å²) in [5.41, 5.74) is 4.01. The van der Waals surface area contributed by atoms with Crippen LogP contribution in [0.15, 0.2) is 78.9 Å². The number of nitrogens with one attached hydrogen (secondary N) is 1. The molecule has 4 aromatic rings. The van der Waals surface area contributed by atoms with Gasteiger partial charge in [0.15, 0.2) is 0 Å². The standard InChI is InChI=1S/C28H25FN2O/c1-18(20-8-6-9-25(14-20)32-3)31-19(2)24-13-21-7-4-5-10-26(21)27(15-24)22-11-12-23(17-30)28(29)16-22/h4-16,18-19,31H,1-3H3/t18-,19?/m1/s1. The minimum absolute atomic E-state index is 0.0522. The lowest BCUT2D eigenvalue weighted by Gasteiger charge is -2.22. The van der Waals surface area contributed by atoms with E-state index in [2.05, 4.69) is 43.4 Å². The van der Waals surface area contributed by atoms with Gasteiger partial charge in [0, 0.05) is 12.1 Å². The second kappa shape index (κ2) is 9.21. The first kappa shape index (κ1) is 21.5. The average molecular weight is 425 g/mol. The Morgan fingerprint density at radius 3 is 2.41 bits per heavy atom. The molecule has 4 heteroatoms. The van der Waals surface area contributed by atoms with E-state index in [9.17, 15) is 4.39 Å². The van der Waals surface area contributed by atoms with Crippen LogP contribution in [0.4, 0.5) is 4.39 Å². The van der Waals surface area contributed by atoms with E-state index >= 15 is 0 Å². The number of hydrogen-bond acceptors (Lipinski definition) is 3. The molecule has 0 radical (unpaired) electrons. The third-order valence-electron chi connectivity index (χ3n) is 5.88. The van der Waals surface area contributed by atoms with E-state index < -0.39 is 5.82 Å². The highest BCUT2D eigenvalue weighted by Crippen LogP contribution is 2.33. The summed E-state index contributed by atoms with van der Waals surface area (Å²) in [6, 6.07) is 27.3. The summed E-state index contributed by atoms with van der Waals surface area (Å²) >= 11 is 0. The van der Waals surface area contributed by atoms with Crippen molar-refractivity contribution < 1.29 is 9.13 Å². The summed E-state index contributed by atoms with van der Waals surface area (Å²) in [7, 11) is 1.67. The Bertz CT molecular complexity index is 1310. The molecule has 0 saturated carbocycles. The van der Waals surface area contributed by atoms with Gasteiger partial charge in [-0.2, -0.15) is 5.26 Å². The van der Waals surface area contributed by atoms with Crippen LogP contribution in [0, 0.1) is 17.1 Å². The molecule has 0 heterocycles. The highest BCUT2D eigenvalue weighted by molar-refractivity contribution is 5.97. The number of ether oxygens (including phenoxy) is 1.